The number of unbranched alkanes of at least 4 members (excludes halogenated alkanes) is 1. The molecule has 4 rings (SSSR count). The number of rotatable bonds is 10. The number of hydrogen-bond donors (Lipinski definition) is 2. The van der Waals surface area contributed by atoms with Gasteiger partial charge in [0.05, 0.1) is 18.5 Å². The molecule has 7 nitrogen and oxygen atoms in total. The summed E-state index contributed by atoms with van der Waals surface area (Å²) in [5.74, 6) is 1.20. The fraction of sp³-hybridized carbons (Fsp3) is 0.304. The van der Waals surface area contributed by atoms with E-state index >= 15 is 0 Å². The number of nitrogens with zero attached hydrogens (tertiary/aromatic N) is 4. The lowest BCUT2D eigenvalue weighted by Crippen LogP contribution is -2.09. The molecule has 0 aliphatic carbocycles. The van der Waals surface area contributed by atoms with Gasteiger partial charge in [-0.25, -0.2) is 19.9 Å². The van der Waals surface area contributed by atoms with Crippen LogP contribution < -0.4 is 10.1 Å². The van der Waals surface area contributed by atoms with Crippen LogP contribution in [0.25, 0.3) is 10.3 Å². The highest BCUT2D eigenvalue weighted by Gasteiger charge is 2.11. The monoisotopic (exact) mass is 435 g/mol. The molecule has 3 heterocycles. The number of hydrogen-bond acceptors (Lipinski definition) is 8. The van der Waals surface area contributed by atoms with Crippen molar-refractivity contribution >= 4 is 27.6 Å². The SMILES string of the molecule is COc1ccc2nc(Cc3cc(Cc4ccccc4)nc(NCCCCO)n3)sc2n1. The van der Waals surface area contributed by atoms with Crippen molar-refractivity contribution in [3.63, 3.8) is 0 Å². The van der Waals surface area contributed by atoms with E-state index in [0.717, 1.165) is 52.5 Å². The highest BCUT2D eigenvalue weighted by Crippen LogP contribution is 2.25. The van der Waals surface area contributed by atoms with E-state index in [0.29, 0.717) is 18.2 Å². The normalized spacial score (nSPS) is 11.0. The van der Waals surface area contributed by atoms with Gasteiger partial charge in [0, 0.05) is 32.1 Å². The van der Waals surface area contributed by atoms with Crippen LogP contribution in [0.1, 0.15) is 34.8 Å². The molecule has 0 atom stereocenters. The van der Waals surface area contributed by atoms with E-state index in [-0.39, 0.29) is 6.61 Å². The van der Waals surface area contributed by atoms with Crippen LogP contribution in [0, 0.1) is 0 Å². The van der Waals surface area contributed by atoms with Gasteiger partial charge in [-0.2, -0.15) is 0 Å². The van der Waals surface area contributed by atoms with Gasteiger partial charge in [-0.1, -0.05) is 41.7 Å². The predicted molar refractivity (Wildman–Crippen MR) is 123 cm³/mol. The number of fused-ring (bicyclic) bond motifs is 1. The fourth-order valence-electron chi connectivity index (χ4n) is 3.25. The first kappa shape index (κ1) is 21.1. The molecule has 0 amide bonds. The second kappa shape index (κ2) is 10.3. The molecule has 4 aromatic rings. The standard InChI is InChI=1S/C23H25N5O2S/c1-30-20-10-9-19-22(28-20)31-21(27-19)15-18-14-17(13-16-7-3-2-4-8-16)25-23(26-18)24-11-5-6-12-29/h2-4,7-10,14,29H,5-6,11-13,15H2,1H3,(H,24,25,26). The number of anilines is 1. The number of methoxy groups -OCH3 is 1. The quantitative estimate of drug-likeness (QED) is 0.365. The second-order valence-corrected chi connectivity index (χ2v) is 8.22. The van der Waals surface area contributed by atoms with Crippen molar-refractivity contribution in [1.82, 2.24) is 19.9 Å². The van der Waals surface area contributed by atoms with Gasteiger partial charge in [0.25, 0.3) is 0 Å². The minimum Gasteiger partial charge on any atom is -0.481 e. The molecule has 0 saturated heterocycles. The Hall–Kier alpha value is -3.10. The molecule has 0 aliphatic heterocycles. The maximum Gasteiger partial charge on any atom is 0.223 e. The van der Waals surface area contributed by atoms with E-state index in [1.165, 1.54) is 5.56 Å². The average Bonchev–Trinajstić information content (AvgIpc) is 3.18. The summed E-state index contributed by atoms with van der Waals surface area (Å²) in [6.45, 7) is 0.915. The summed E-state index contributed by atoms with van der Waals surface area (Å²) < 4.78 is 5.22. The molecule has 3 aromatic heterocycles. The molecule has 0 saturated carbocycles. The number of ether oxygens (including phenoxy) is 1. The van der Waals surface area contributed by atoms with Gasteiger partial charge in [0.2, 0.25) is 11.8 Å². The van der Waals surface area contributed by atoms with E-state index in [4.69, 9.17) is 24.8 Å². The lowest BCUT2D eigenvalue weighted by molar-refractivity contribution is 0.286. The predicted octanol–water partition coefficient (Wildman–Crippen LogP) is 3.86. The Morgan fingerprint density at radius 1 is 0.935 bits per heavy atom. The third-order valence-electron chi connectivity index (χ3n) is 4.74. The summed E-state index contributed by atoms with van der Waals surface area (Å²) in [5, 5.41) is 13.2. The van der Waals surface area contributed by atoms with E-state index < -0.39 is 0 Å². The number of nitrogens with one attached hydrogen (secondary N) is 1. The number of thiazole rings is 1. The van der Waals surface area contributed by atoms with E-state index in [1.54, 1.807) is 18.4 Å². The van der Waals surface area contributed by atoms with Crippen molar-refractivity contribution in [1.29, 1.82) is 0 Å². The number of aliphatic hydroxyl groups excluding tert-OH is 1. The summed E-state index contributed by atoms with van der Waals surface area (Å²) in [6.07, 6.45) is 2.97. The lowest BCUT2D eigenvalue weighted by atomic mass is 10.1. The van der Waals surface area contributed by atoms with Crippen LogP contribution >= 0.6 is 11.3 Å². The Labute approximate surface area is 185 Å². The van der Waals surface area contributed by atoms with Gasteiger partial charge >= 0.3 is 0 Å². The largest absolute Gasteiger partial charge is 0.481 e. The van der Waals surface area contributed by atoms with Crippen molar-refractivity contribution in [3.05, 3.63) is 70.5 Å². The summed E-state index contributed by atoms with van der Waals surface area (Å²) in [7, 11) is 1.61. The number of pyridine rings is 1. The first-order valence-electron chi connectivity index (χ1n) is 10.3. The fourth-order valence-corrected chi connectivity index (χ4v) is 4.19. The summed E-state index contributed by atoms with van der Waals surface area (Å²) in [5.41, 5.74) is 3.94. The van der Waals surface area contributed by atoms with Crippen LogP contribution in [-0.2, 0) is 12.8 Å². The topological polar surface area (TPSA) is 93.1 Å². The van der Waals surface area contributed by atoms with Gasteiger partial charge in [-0.15, -0.1) is 0 Å². The Morgan fingerprint density at radius 2 is 1.74 bits per heavy atom. The smallest absolute Gasteiger partial charge is 0.223 e. The Balaban J connectivity index is 1.57. The van der Waals surface area contributed by atoms with E-state index in [1.807, 2.05) is 36.4 Å². The minimum absolute atomic E-state index is 0.193. The molecule has 8 heteroatoms. The van der Waals surface area contributed by atoms with Crippen LogP contribution in [0.15, 0.2) is 48.5 Å². The van der Waals surface area contributed by atoms with Crippen LogP contribution in [0.4, 0.5) is 5.95 Å². The molecule has 31 heavy (non-hydrogen) atoms. The zero-order valence-electron chi connectivity index (χ0n) is 17.4. The third-order valence-corrected chi connectivity index (χ3v) is 5.71. The molecule has 0 fully saturated rings. The van der Waals surface area contributed by atoms with E-state index in [9.17, 15) is 0 Å². The maximum absolute atomic E-state index is 8.99. The second-order valence-electron chi connectivity index (χ2n) is 7.16. The Morgan fingerprint density at radius 3 is 2.52 bits per heavy atom. The van der Waals surface area contributed by atoms with Gasteiger partial charge in [-0.3, -0.25) is 0 Å². The minimum atomic E-state index is 0.193. The van der Waals surface area contributed by atoms with Crippen molar-refractivity contribution in [2.45, 2.75) is 25.7 Å². The van der Waals surface area contributed by atoms with Crippen LogP contribution in [0.3, 0.4) is 0 Å². The first-order chi connectivity index (χ1) is 15.2. The molecule has 160 valence electrons. The van der Waals surface area contributed by atoms with Crippen LogP contribution in [0.5, 0.6) is 5.88 Å². The number of benzene rings is 1. The highest BCUT2D eigenvalue weighted by molar-refractivity contribution is 7.18. The molecular weight excluding hydrogens is 410 g/mol. The molecule has 0 aliphatic rings. The average molecular weight is 436 g/mol. The zero-order chi connectivity index (χ0) is 21.5. The van der Waals surface area contributed by atoms with Crippen molar-refractivity contribution < 1.29 is 9.84 Å². The molecule has 0 bridgehead atoms. The lowest BCUT2D eigenvalue weighted by Gasteiger charge is -2.09. The molecule has 2 N–H and O–H groups in total. The first-order valence-corrected chi connectivity index (χ1v) is 11.1. The van der Waals surface area contributed by atoms with E-state index in [2.05, 4.69) is 22.4 Å². The Bertz CT molecular complexity index is 1130. The molecule has 0 unspecified atom stereocenters. The maximum atomic E-state index is 8.99. The molecule has 0 radical (unpaired) electrons. The summed E-state index contributed by atoms with van der Waals surface area (Å²) in [4.78, 5) is 19.4. The molecular formula is C23H25N5O2S. The van der Waals surface area contributed by atoms with Crippen molar-refractivity contribution in [3.8, 4) is 5.88 Å². The van der Waals surface area contributed by atoms with Gasteiger partial charge in [0.1, 0.15) is 15.4 Å². The van der Waals surface area contributed by atoms with Crippen LogP contribution in [-0.4, -0.2) is 45.3 Å². The number of aromatic nitrogens is 4. The third kappa shape index (κ3) is 5.74. The Kier molecular flexibility index (Phi) is 7.01. The van der Waals surface area contributed by atoms with Crippen LogP contribution in [0.2, 0.25) is 0 Å². The summed E-state index contributed by atoms with van der Waals surface area (Å²) in [6, 6.07) is 16.1. The molecule has 0 spiro atoms. The van der Waals surface area contributed by atoms with Gasteiger partial charge in [0.15, 0.2) is 0 Å². The van der Waals surface area contributed by atoms with Crippen molar-refractivity contribution in [2.75, 3.05) is 25.6 Å². The van der Waals surface area contributed by atoms with Gasteiger partial charge < -0.3 is 15.2 Å². The number of aliphatic hydroxyl groups is 1. The summed E-state index contributed by atoms with van der Waals surface area (Å²) >= 11 is 1.55. The van der Waals surface area contributed by atoms with Gasteiger partial charge in [-0.05, 0) is 30.5 Å². The van der Waals surface area contributed by atoms with Crippen molar-refractivity contribution in [2.24, 2.45) is 0 Å². The highest BCUT2D eigenvalue weighted by atomic mass is 32.1. The molecule has 1 aromatic carbocycles. The zero-order valence-corrected chi connectivity index (χ0v) is 18.2.